The van der Waals surface area contributed by atoms with Crippen LogP contribution in [0.3, 0.4) is 0 Å². The number of ether oxygens (including phenoxy) is 1. The number of nitrogen functional groups attached to an aromatic ring is 1. The molecule has 0 bridgehead atoms. The summed E-state index contributed by atoms with van der Waals surface area (Å²) < 4.78 is 6.10. The molecule has 0 aliphatic rings. The van der Waals surface area contributed by atoms with Gasteiger partial charge in [-0.25, -0.2) is 9.97 Å². The van der Waals surface area contributed by atoms with Gasteiger partial charge >= 0.3 is 0 Å². The fraction of sp³-hybridized carbons (Fsp3) is 0.167. The molecule has 2 N–H and O–H groups in total. The molecule has 7 heteroatoms. The van der Waals surface area contributed by atoms with E-state index < -0.39 is 0 Å². The van der Waals surface area contributed by atoms with Crippen molar-refractivity contribution in [2.24, 2.45) is 0 Å². The number of methoxy groups -OCH3 is 1. The lowest BCUT2D eigenvalue weighted by Crippen LogP contribution is -1.93. The molecule has 0 unspecified atom stereocenters. The zero-order valence-electron chi connectivity index (χ0n) is 10.4. The number of aromatic nitrogens is 4. The summed E-state index contributed by atoms with van der Waals surface area (Å²) in [4.78, 5) is 8.48. The lowest BCUT2D eigenvalue weighted by Gasteiger charge is -2.04. The molecule has 3 aromatic rings. The van der Waals surface area contributed by atoms with E-state index in [4.69, 9.17) is 10.5 Å². The van der Waals surface area contributed by atoms with Gasteiger partial charge in [0, 0.05) is 11.8 Å². The van der Waals surface area contributed by atoms with Crippen LogP contribution in [0.15, 0.2) is 18.3 Å². The molecule has 0 aliphatic heterocycles. The van der Waals surface area contributed by atoms with E-state index in [1.807, 2.05) is 19.1 Å². The molecular formula is C12H11N5OS. The summed E-state index contributed by atoms with van der Waals surface area (Å²) in [5.41, 5.74) is 8.90. The molecule has 0 radical (unpaired) electrons. The van der Waals surface area contributed by atoms with Gasteiger partial charge in [-0.05, 0) is 19.1 Å². The summed E-state index contributed by atoms with van der Waals surface area (Å²) in [7, 11) is 1.56. The van der Waals surface area contributed by atoms with Crippen molar-refractivity contribution in [1.82, 2.24) is 20.2 Å². The number of aryl methyl sites for hydroxylation is 1. The van der Waals surface area contributed by atoms with E-state index >= 15 is 0 Å². The van der Waals surface area contributed by atoms with Crippen LogP contribution in [0, 0.1) is 6.92 Å². The minimum Gasteiger partial charge on any atom is -0.479 e. The summed E-state index contributed by atoms with van der Waals surface area (Å²) in [6, 6.07) is 3.81. The number of nitrogens with zero attached hydrogens (tertiary/aromatic N) is 4. The summed E-state index contributed by atoms with van der Waals surface area (Å²) in [6.07, 6.45) is 1.71. The van der Waals surface area contributed by atoms with Crippen LogP contribution in [0.4, 0.5) is 5.13 Å². The van der Waals surface area contributed by atoms with E-state index in [1.165, 1.54) is 11.3 Å². The van der Waals surface area contributed by atoms with Crippen LogP contribution >= 0.6 is 11.3 Å². The predicted molar refractivity (Wildman–Crippen MR) is 74.1 cm³/mol. The number of anilines is 1. The van der Waals surface area contributed by atoms with Gasteiger partial charge < -0.3 is 10.5 Å². The second-order valence-corrected chi connectivity index (χ2v) is 5.00. The summed E-state index contributed by atoms with van der Waals surface area (Å²) in [5.74, 6) is 0.465. The van der Waals surface area contributed by atoms with Crippen LogP contribution in [0.1, 0.15) is 5.69 Å². The molecule has 3 rings (SSSR count). The number of hydrogen-bond acceptors (Lipinski definition) is 7. The Kier molecular flexibility index (Phi) is 2.75. The Morgan fingerprint density at radius 1 is 1.26 bits per heavy atom. The molecule has 0 fully saturated rings. The summed E-state index contributed by atoms with van der Waals surface area (Å²) in [6.45, 7) is 1.89. The number of pyridine rings is 1. The van der Waals surface area contributed by atoms with Crippen molar-refractivity contribution >= 4 is 26.7 Å². The molecule has 0 amide bonds. The summed E-state index contributed by atoms with van der Waals surface area (Å²) in [5, 5.41) is 8.70. The Hall–Kier alpha value is -2.28. The van der Waals surface area contributed by atoms with Crippen molar-refractivity contribution in [1.29, 1.82) is 0 Å². The van der Waals surface area contributed by atoms with Crippen molar-refractivity contribution < 1.29 is 4.74 Å². The number of hydrogen-bond donors (Lipinski definition) is 1. The Labute approximate surface area is 113 Å². The Bertz CT molecular complexity index is 738. The molecular weight excluding hydrogens is 262 g/mol. The minimum absolute atomic E-state index is 0.465. The third-order valence-electron chi connectivity index (χ3n) is 2.67. The van der Waals surface area contributed by atoms with Gasteiger partial charge in [-0.3, -0.25) is 0 Å². The molecule has 0 spiro atoms. The Balaban J connectivity index is 2.27. The molecule has 0 saturated heterocycles. The SMILES string of the molecule is COc1ncc(-c2ccc(C)nn2)c2sc(N)nc12. The van der Waals surface area contributed by atoms with E-state index in [0.717, 1.165) is 21.7 Å². The molecule has 96 valence electrons. The Morgan fingerprint density at radius 2 is 2.11 bits per heavy atom. The first-order valence-electron chi connectivity index (χ1n) is 5.58. The highest BCUT2D eigenvalue weighted by Gasteiger charge is 2.15. The normalized spacial score (nSPS) is 10.8. The number of fused-ring (bicyclic) bond motifs is 1. The van der Waals surface area contributed by atoms with Gasteiger partial charge in [-0.1, -0.05) is 11.3 Å². The third kappa shape index (κ3) is 1.97. The maximum absolute atomic E-state index is 5.77. The first-order chi connectivity index (χ1) is 9.19. The van der Waals surface area contributed by atoms with Gasteiger partial charge in [0.05, 0.1) is 23.2 Å². The van der Waals surface area contributed by atoms with Crippen molar-refractivity contribution in [3.05, 3.63) is 24.0 Å². The molecule has 3 heterocycles. The highest BCUT2D eigenvalue weighted by atomic mass is 32.1. The standard InChI is InChI=1S/C12H11N5OS/c1-6-3-4-8(17-16-6)7-5-14-11(18-2)9-10(7)19-12(13)15-9/h3-5H,1-2H3,(H2,13,15). The van der Waals surface area contributed by atoms with Crippen LogP contribution in [0.2, 0.25) is 0 Å². The van der Waals surface area contributed by atoms with E-state index in [2.05, 4.69) is 20.2 Å². The third-order valence-corrected chi connectivity index (χ3v) is 3.59. The lowest BCUT2D eigenvalue weighted by molar-refractivity contribution is 0.402. The van der Waals surface area contributed by atoms with Gasteiger partial charge in [0.15, 0.2) is 5.13 Å². The molecule has 0 aromatic carbocycles. The molecule has 6 nitrogen and oxygen atoms in total. The number of rotatable bonds is 2. The van der Waals surface area contributed by atoms with Crippen molar-refractivity contribution in [3.63, 3.8) is 0 Å². The average Bonchev–Trinajstić information content (AvgIpc) is 2.80. The fourth-order valence-electron chi connectivity index (χ4n) is 1.78. The van der Waals surface area contributed by atoms with Gasteiger partial charge in [-0.15, -0.1) is 0 Å². The maximum atomic E-state index is 5.77. The highest BCUT2D eigenvalue weighted by Crippen LogP contribution is 2.36. The van der Waals surface area contributed by atoms with Crippen molar-refractivity contribution in [2.45, 2.75) is 6.92 Å². The van der Waals surface area contributed by atoms with Crippen molar-refractivity contribution in [3.8, 4) is 17.1 Å². The predicted octanol–water partition coefficient (Wildman–Crippen LogP) is 2.05. The monoisotopic (exact) mass is 273 g/mol. The average molecular weight is 273 g/mol. The van der Waals surface area contributed by atoms with Gasteiger partial charge in [0.2, 0.25) is 5.88 Å². The maximum Gasteiger partial charge on any atom is 0.241 e. The minimum atomic E-state index is 0.465. The molecule has 0 atom stereocenters. The first-order valence-corrected chi connectivity index (χ1v) is 6.40. The van der Waals surface area contributed by atoms with Crippen LogP contribution in [0.25, 0.3) is 21.5 Å². The second kappa shape index (κ2) is 4.43. The van der Waals surface area contributed by atoms with E-state index in [1.54, 1.807) is 13.3 Å². The highest BCUT2D eigenvalue weighted by molar-refractivity contribution is 7.22. The lowest BCUT2D eigenvalue weighted by atomic mass is 10.2. The first kappa shape index (κ1) is 11.8. The van der Waals surface area contributed by atoms with Gasteiger partial charge in [-0.2, -0.15) is 10.2 Å². The van der Waals surface area contributed by atoms with Crippen LogP contribution in [-0.4, -0.2) is 27.3 Å². The van der Waals surface area contributed by atoms with Crippen molar-refractivity contribution in [2.75, 3.05) is 12.8 Å². The molecule has 3 aromatic heterocycles. The van der Waals surface area contributed by atoms with Crippen LogP contribution in [-0.2, 0) is 0 Å². The quantitative estimate of drug-likeness (QED) is 0.769. The number of thiazole rings is 1. The zero-order chi connectivity index (χ0) is 13.4. The topological polar surface area (TPSA) is 86.8 Å². The summed E-state index contributed by atoms with van der Waals surface area (Å²) >= 11 is 1.39. The number of nitrogens with two attached hydrogens (primary N) is 1. The second-order valence-electron chi connectivity index (χ2n) is 3.97. The van der Waals surface area contributed by atoms with Gasteiger partial charge in [0.1, 0.15) is 5.52 Å². The van der Waals surface area contributed by atoms with E-state index in [9.17, 15) is 0 Å². The van der Waals surface area contributed by atoms with E-state index in [0.29, 0.717) is 16.5 Å². The zero-order valence-corrected chi connectivity index (χ0v) is 11.2. The largest absolute Gasteiger partial charge is 0.479 e. The van der Waals surface area contributed by atoms with Crippen LogP contribution < -0.4 is 10.5 Å². The fourth-order valence-corrected chi connectivity index (χ4v) is 2.62. The molecule has 19 heavy (non-hydrogen) atoms. The van der Waals surface area contributed by atoms with E-state index in [-0.39, 0.29) is 0 Å². The molecule has 0 saturated carbocycles. The molecule has 0 aliphatic carbocycles. The van der Waals surface area contributed by atoms with Crippen LogP contribution in [0.5, 0.6) is 5.88 Å². The smallest absolute Gasteiger partial charge is 0.241 e. The Morgan fingerprint density at radius 3 is 2.79 bits per heavy atom. The van der Waals surface area contributed by atoms with Gasteiger partial charge in [0.25, 0.3) is 0 Å².